The number of rotatable bonds is 4. The van der Waals surface area contributed by atoms with Crippen molar-refractivity contribution in [3.8, 4) is 0 Å². The predicted octanol–water partition coefficient (Wildman–Crippen LogP) is 2.40. The van der Waals surface area contributed by atoms with E-state index in [1.54, 1.807) is 6.08 Å². The molecule has 23 heavy (non-hydrogen) atoms. The highest BCUT2D eigenvalue weighted by molar-refractivity contribution is 5.83. The van der Waals surface area contributed by atoms with Crippen molar-refractivity contribution in [3.05, 3.63) is 59.6 Å². The van der Waals surface area contributed by atoms with Crippen LogP contribution in [-0.2, 0) is 12.8 Å². The van der Waals surface area contributed by atoms with E-state index in [2.05, 4.69) is 27.4 Å². The number of hydrogen-bond donors (Lipinski definition) is 5. The summed E-state index contributed by atoms with van der Waals surface area (Å²) in [6, 6.07) is 8.26. The molecule has 2 heterocycles. The first-order valence-corrected chi connectivity index (χ1v) is 7.75. The Balaban J connectivity index is 1.47. The summed E-state index contributed by atoms with van der Waals surface area (Å²) >= 11 is 0. The van der Waals surface area contributed by atoms with Gasteiger partial charge in [0.1, 0.15) is 0 Å². The number of benzene rings is 1. The molecule has 0 fully saturated rings. The highest BCUT2D eigenvalue weighted by Gasteiger charge is 2.27. The third kappa shape index (κ3) is 2.65. The third-order valence-electron chi connectivity index (χ3n) is 4.36. The van der Waals surface area contributed by atoms with Gasteiger partial charge in [-0.15, -0.1) is 0 Å². The number of para-hydroxylation sites is 1. The number of aliphatic hydroxyl groups is 2. The minimum Gasteiger partial charge on any atom is -0.383 e. The Morgan fingerprint density at radius 2 is 2.00 bits per heavy atom. The minimum atomic E-state index is -1.76. The maximum Gasteiger partial charge on any atom is 0.187 e. The molecule has 5 heteroatoms. The van der Waals surface area contributed by atoms with Crippen LogP contribution in [0.4, 0.5) is 5.69 Å². The fourth-order valence-electron chi connectivity index (χ4n) is 3.17. The lowest BCUT2D eigenvalue weighted by molar-refractivity contribution is -0.116. The van der Waals surface area contributed by atoms with Gasteiger partial charge in [-0.2, -0.15) is 0 Å². The molecule has 0 spiro atoms. The largest absolute Gasteiger partial charge is 0.383 e. The minimum absolute atomic E-state index is 0.192. The summed E-state index contributed by atoms with van der Waals surface area (Å²) in [5, 5.41) is 24.2. The number of aromatic nitrogens is 2. The molecule has 118 valence electrons. The zero-order valence-electron chi connectivity index (χ0n) is 12.6. The van der Waals surface area contributed by atoms with Crippen molar-refractivity contribution in [2.75, 3.05) is 11.9 Å². The van der Waals surface area contributed by atoms with Crippen molar-refractivity contribution in [2.45, 2.75) is 18.6 Å². The predicted molar refractivity (Wildman–Crippen MR) is 91.2 cm³/mol. The van der Waals surface area contributed by atoms with Gasteiger partial charge in [-0.1, -0.05) is 18.2 Å². The summed E-state index contributed by atoms with van der Waals surface area (Å²) < 4.78 is 0. The van der Waals surface area contributed by atoms with Crippen molar-refractivity contribution in [2.24, 2.45) is 0 Å². The molecule has 0 unspecified atom stereocenters. The molecule has 0 bridgehead atoms. The Morgan fingerprint density at radius 1 is 1.13 bits per heavy atom. The van der Waals surface area contributed by atoms with E-state index in [4.69, 9.17) is 0 Å². The van der Waals surface area contributed by atoms with Gasteiger partial charge in [0.25, 0.3) is 0 Å². The lowest BCUT2D eigenvalue weighted by Crippen LogP contribution is -2.30. The number of fused-ring (bicyclic) bond motifs is 2. The van der Waals surface area contributed by atoms with Crippen LogP contribution in [0.5, 0.6) is 0 Å². The van der Waals surface area contributed by atoms with Crippen LogP contribution in [0, 0.1) is 0 Å². The number of nitrogens with one attached hydrogen (secondary N) is 3. The molecule has 1 aliphatic carbocycles. The lowest BCUT2D eigenvalue weighted by Gasteiger charge is -2.22. The van der Waals surface area contributed by atoms with Gasteiger partial charge in [0.05, 0.1) is 5.69 Å². The molecule has 4 rings (SSSR count). The SMILES string of the molecule is OC1(O)C=Cc2[nH]cc(NCCc3c[nH]c4ccccc34)c2C1. The van der Waals surface area contributed by atoms with Gasteiger partial charge < -0.3 is 25.5 Å². The van der Waals surface area contributed by atoms with Crippen molar-refractivity contribution >= 4 is 22.7 Å². The van der Waals surface area contributed by atoms with Crippen LogP contribution < -0.4 is 5.32 Å². The van der Waals surface area contributed by atoms with Crippen molar-refractivity contribution in [1.82, 2.24) is 9.97 Å². The zero-order chi connectivity index (χ0) is 15.9. The smallest absolute Gasteiger partial charge is 0.187 e. The van der Waals surface area contributed by atoms with Crippen molar-refractivity contribution in [1.29, 1.82) is 0 Å². The second kappa shape index (κ2) is 5.30. The van der Waals surface area contributed by atoms with E-state index in [9.17, 15) is 10.2 Å². The van der Waals surface area contributed by atoms with Crippen LogP contribution in [0.25, 0.3) is 17.0 Å². The van der Waals surface area contributed by atoms with Crippen molar-refractivity contribution < 1.29 is 10.2 Å². The average molecular weight is 309 g/mol. The average Bonchev–Trinajstić information content (AvgIpc) is 3.11. The summed E-state index contributed by atoms with van der Waals surface area (Å²) in [6.45, 7) is 0.777. The standard InChI is InChI=1S/C18H19N3O2/c22-18(23)7-5-16-14(9-18)17(11-21-16)19-8-6-12-10-20-15-4-2-1-3-13(12)15/h1-5,7,10-11,19-23H,6,8-9H2. The molecule has 3 aromatic rings. The summed E-state index contributed by atoms with van der Waals surface area (Å²) in [4.78, 5) is 6.44. The van der Waals surface area contributed by atoms with E-state index in [0.717, 1.165) is 35.4 Å². The fraction of sp³-hybridized carbons (Fsp3) is 0.222. The molecule has 0 aliphatic heterocycles. The van der Waals surface area contributed by atoms with Gasteiger partial charge >= 0.3 is 0 Å². The lowest BCUT2D eigenvalue weighted by atomic mass is 9.98. The van der Waals surface area contributed by atoms with E-state index < -0.39 is 5.79 Å². The molecule has 0 radical (unpaired) electrons. The second-order valence-electron chi connectivity index (χ2n) is 6.02. The quantitative estimate of drug-likeness (QED) is 0.480. The van der Waals surface area contributed by atoms with Gasteiger partial charge in [-0.05, 0) is 30.2 Å². The Morgan fingerprint density at radius 3 is 2.91 bits per heavy atom. The van der Waals surface area contributed by atoms with E-state index in [1.807, 2.05) is 24.5 Å². The molecular weight excluding hydrogens is 290 g/mol. The summed E-state index contributed by atoms with van der Waals surface area (Å²) in [6.07, 6.45) is 8.13. The molecule has 0 atom stereocenters. The fourth-order valence-corrected chi connectivity index (χ4v) is 3.17. The van der Waals surface area contributed by atoms with Crippen LogP contribution in [-0.4, -0.2) is 32.5 Å². The first kappa shape index (κ1) is 14.1. The molecule has 0 saturated heterocycles. The molecule has 0 saturated carbocycles. The van der Waals surface area contributed by atoms with E-state index in [0.29, 0.717) is 0 Å². The van der Waals surface area contributed by atoms with Gasteiger partial charge in [0.15, 0.2) is 5.79 Å². The second-order valence-corrected chi connectivity index (χ2v) is 6.02. The Bertz CT molecular complexity index is 873. The number of aromatic amines is 2. The van der Waals surface area contributed by atoms with E-state index in [1.165, 1.54) is 17.0 Å². The third-order valence-corrected chi connectivity index (χ3v) is 4.36. The number of anilines is 1. The molecule has 2 aromatic heterocycles. The summed E-state index contributed by atoms with van der Waals surface area (Å²) in [5.41, 5.74) is 5.19. The van der Waals surface area contributed by atoms with Crippen LogP contribution in [0.15, 0.2) is 42.7 Å². The molecule has 5 N–H and O–H groups in total. The zero-order valence-corrected chi connectivity index (χ0v) is 12.6. The molecular formula is C18H19N3O2. The van der Waals surface area contributed by atoms with Gasteiger partial charge in [-0.3, -0.25) is 0 Å². The molecule has 5 nitrogen and oxygen atoms in total. The Kier molecular flexibility index (Phi) is 3.25. The monoisotopic (exact) mass is 309 g/mol. The first-order valence-electron chi connectivity index (χ1n) is 7.75. The van der Waals surface area contributed by atoms with Crippen LogP contribution in [0.2, 0.25) is 0 Å². The highest BCUT2D eigenvalue weighted by atomic mass is 16.5. The van der Waals surface area contributed by atoms with Crippen LogP contribution in [0.3, 0.4) is 0 Å². The van der Waals surface area contributed by atoms with Crippen LogP contribution in [0.1, 0.15) is 16.8 Å². The number of H-pyrrole nitrogens is 2. The molecule has 0 amide bonds. The van der Waals surface area contributed by atoms with E-state index in [-0.39, 0.29) is 6.42 Å². The number of hydrogen-bond acceptors (Lipinski definition) is 3. The maximum atomic E-state index is 9.78. The van der Waals surface area contributed by atoms with Gasteiger partial charge in [0, 0.05) is 47.5 Å². The topological polar surface area (TPSA) is 84.1 Å². The maximum absolute atomic E-state index is 9.78. The van der Waals surface area contributed by atoms with E-state index >= 15 is 0 Å². The summed E-state index contributed by atoms with van der Waals surface area (Å²) in [5.74, 6) is -1.76. The van der Waals surface area contributed by atoms with Crippen LogP contribution >= 0.6 is 0 Å². The summed E-state index contributed by atoms with van der Waals surface area (Å²) in [7, 11) is 0. The normalized spacial score (nSPS) is 15.7. The Labute approximate surface area is 133 Å². The van der Waals surface area contributed by atoms with Gasteiger partial charge in [0.2, 0.25) is 0 Å². The van der Waals surface area contributed by atoms with Crippen molar-refractivity contribution in [3.63, 3.8) is 0 Å². The Hall–Kier alpha value is -2.50. The van der Waals surface area contributed by atoms with Gasteiger partial charge in [-0.25, -0.2) is 0 Å². The molecule has 1 aliphatic rings. The highest BCUT2D eigenvalue weighted by Crippen LogP contribution is 2.30. The molecule has 1 aromatic carbocycles. The first-order chi connectivity index (χ1) is 11.1.